The molecule has 4 rings (SSSR count). The van der Waals surface area contributed by atoms with Gasteiger partial charge in [0.05, 0.1) is 0 Å². The summed E-state index contributed by atoms with van der Waals surface area (Å²) in [6.07, 6.45) is 21.6. The standard InChI is InChI=1S/C24H33I3/c25-22-19(16-10-4-1-5-11-16)23(26)21(18-14-8-3-9-15-18)24(27)20(22)17-12-6-2-7-13-17/h16-18H,1-15H2. The summed E-state index contributed by atoms with van der Waals surface area (Å²) in [6, 6.07) is 0. The van der Waals surface area contributed by atoms with Crippen LogP contribution in [0.15, 0.2) is 0 Å². The Hall–Kier alpha value is 1.41. The van der Waals surface area contributed by atoms with Crippen molar-refractivity contribution in [3.8, 4) is 0 Å². The van der Waals surface area contributed by atoms with Crippen molar-refractivity contribution < 1.29 is 0 Å². The number of hydrogen-bond donors (Lipinski definition) is 0. The first-order valence-corrected chi connectivity index (χ1v) is 14.6. The van der Waals surface area contributed by atoms with Gasteiger partial charge in [0.25, 0.3) is 0 Å². The molecule has 0 radical (unpaired) electrons. The van der Waals surface area contributed by atoms with E-state index in [9.17, 15) is 0 Å². The Balaban J connectivity index is 1.83. The van der Waals surface area contributed by atoms with Crippen molar-refractivity contribution in [1.82, 2.24) is 0 Å². The van der Waals surface area contributed by atoms with Crippen LogP contribution in [0.3, 0.4) is 0 Å². The van der Waals surface area contributed by atoms with Crippen molar-refractivity contribution in [2.24, 2.45) is 0 Å². The molecule has 3 heteroatoms. The van der Waals surface area contributed by atoms with Crippen LogP contribution in [-0.2, 0) is 0 Å². The minimum atomic E-state index is 0.833. The lowest BCUT2D eigenvalue weighted by atomic mass is 9.76. The highest BCUT2D eigenvalue weighted by Gasteiger charge is 2.32. The van der Waals surface area contributed by atoms with Crippen LogP contribution in [0, 0.1) is 10.7 Å². The predicted octanol–water partition coefficient (Wildman–Crippen LogP) is 9.64. The average Bonchev–Trinajstić information content (AvgIpc) is 2.70. The second-order valence-electron chi connectivity index (χ2n) is 9.19. The molecule has 0 bridgehead atoms. The molecule has 3 aliphatic carbocycles. The first-order valence-electron chi connectivity index (χ1n) is 11.4. The predicted molar refractivity (Wildman–Crippen MR) is 142 cm³/mol. The van der Waals surface area contributed by atoms with E-state index < -0.39 is 0 Å². The summed E-state index contributed by atoms with van der Waals surface area (Å²) in [4.78, 5) is 0. The molecule has 0 heterocycles. The molecule has 0 saturated heterocycles. The Morgan fingerprint density at radius 2 is 0.593 bits per heavy atom. The van der Waals surface area contributed by atoms with Crippen LogP contribution < -0.4 is 0 Å². The van der Waals surface area contributed by atoms with Gasteiger partial charge in [-0.3, -0.25) is 0 Å². The van der Waals surface area contributed by atoms with E-state index >= 15 is 0 Å². The van der Waals surface area contributed by atoms with Crippen LogP contribution >= 0.6 is 67.8 Å². The lowest BCUT2D eigenvalue weighted by molar-refractivity contribution is 0.421. The Morgan fingerprint density at radius 3 is 0.815 bits per heavy atom. The number of rotatable bonds is 3. The SMILES string of the molecule is Ic1c(C2CCCCC2)c(I)c(C2CCCCC2)c(I)c1C1CCCCC1. The van der Waals surface area contributed by atoms with Crippen molar-refractivity contribution in [2.75, 3.05) is 0 Å². The highest BCUT2D eigenvalue weighted by Crippen LogP contribution is 2.49. The van der Waals surface area contributed by atoms with Crippen LogP contribution in [0.4, 0.5) is 0 Å². The molecule has 3 saturated carbocycles. The summed E-state index contributed by atoms with van der Waals surface area (Å²) >= 11 is 8.32. The largest absolute Gasteiger partial charge is 0.0533 e. The van der Waals surface area contributed by atoms with Gasteiger partial charge in [0.15, 0.2) is 0 Å². The molecule has 1 aromatic rings. The minimum absolute atomic E-state index is 0.833. The summed E-state index contributed by atoms with van der Waals surface area (Å²) in [5.41, 5.74) is 5.37. The molecule has 3 aliphatic rings. The van der Waals surface area contributed by atoms with E-state index in [2.05, 4.69) is 67.8 Å². The van der Waals surface area contributed by atoms with E-state index in [1.807, 2.05) is 0 Å². The van der Waals surface area contributed by atoms with E-state index in [-0.39, 0.29) is 0 Å². The number of hydrogen-bond acceptors (Lipinski definition) is 0. The monoisotopic (exact) mass is 702 g/mol. The molecule has 0 nitrogen and oxygen atoms in total. The van der Waals surface area contributed by atoms with Gasteiger partial charge in [-0.2, -0.15) is 0 Å². The van der Waals surface area contributed by atoms with Crippen LogP contribution in [0.5, 0.6) is 0 Å². The van der Waals surface area contributed by atoms with Gasteiger partial charge in [0.2, 0.25) is 0 Å². The summed E-state index contributed by atoms with van der Waals surface area (Å²) < 4.78 is 5.04. The second kappa shape index (κ2) is 10.1. The summed E-state index contributed by atoms with van der Waals surface area (Å²) in [5, 5.41) is 0. The molecule has 0 atom stereocenters. The quantitative estimate of drug-likeness (QED) is 0.276. The molecule has 0 amide bonds. The van der Waals surface area contributed by atoms with Gasteiger partial charge in [0, 0.05) is 10.7 Å². The number of halogens is 3. The zero-order valence-corrected chi connectivity index (χ0v) is 22.9. The van der Waals surface area contributed by atoms with E-state index in [4.69, 9.17) is 0 Å². The lowest BCUT2D eigenvalue weighted by Crippen LogP contribution is -2.19. The fourth-order valence-corrected chi connectivity index (χ4v) is 11.8. The molecule has 27 heavy (non-hydrogen) atoms. The Morgan fingerprint density at radius 1 is 0.370 bits per heavy atom. The topological polar surface area (TPSA) is 0 Å². The highest BCUT2D eigenvalue weighted by atomic mass is 127. The van der Waals surface area contributed by atoms with Gasteiger partial charge in [-0.25, -0.2) is 0 Å². The molecular weight excluding hydrogens is 669 g/mol. The Kier molecular flexibility index (Phi) is 8.13. The van der Waals surface area contributed by atoms with E-state index in [0.29, 0.717) is 0 Å². The fraction of sp³-hybridized carbons (Fsp3) is 0.750. The van der Waals surface area contributed by atoms with Crippen molar-refractivity contribution in [2.45, 2.75) is 114 Å². The third-order valence-electron chi connectivity index (χ3n) is 7.46. The van der Waals surface area contributed by atoms with Crippen molar-refractivity contribution in [3.63, 3.8) is 0 Å². The molecule has 0 aromatic heterocycles. The maximum Gasteiger partial charge on any atom is 0.0221 e. The van der Waals surface area contributed by atoms with E-state index in [1.165, 1.54) is 96.3 Å². The lowest BCUT2D eigenvalue weighted by Gasteiger charge is -2.34. The van der Waals surface area contributed by atoms with Gasteiger partial charge in [0.1, 0.15) is 0 Å². The fourth-order valence-electron chi connectivity index (χ4n) is 5.97. The number of benzene rings is 1. The van der Waals surface area contributed by atoms with Crippen LogP contribution in [0.1, 0.15) is 131 Å². The smallest absolute Gasteiger partial charge is 0.0221 e. The maximum absolute atomic E-state index is 2.77. The molecule has 0 aliphatic heterocycles. The van der Waals surface area contributed by atoms with Crippen molar-refractivity contribution >= 4 is 67.8 Å². The molecule has 0 unspecified atom stereocenters. The molecule has 0 N–H and O–H groups in total. The van der Waals surface area contributed by atoms with Crippen molar-refractivity contribution in [1.29, 1.82) is 0 Å². The first-order chi connectivity index (χ1) is 13.2. The van der Waals surface area contributed by atoms with Crippen LogP contribution in [-0.4, -0.2) is 0 Å². The third kappa shape index (κ3) is 4.69. The summed E-state index contributed by atoms with van der Waals surface area (Å²) in [5.74, 6) is 2.50. The van der Waals surface area contributed by atoms with Gasteiger partial charge in [-0.1, -0.05) is 57.8 Å². The van der Waals surface area contributed by atoms with Gasteiger partial charge >= 0.3 is 0 Å². The maximum atomic E-state index is 2.77. The van der Waals surface area contributed by atoms with Gasteiger partial charge < -0.3 is 0 Å². The molecule has 0 spiro atoms. The normalized spacial score (nSPS) is 23.7. The van der Waals surface area contributed by atoms with Gasteiger partial charge in [-0.15, -0.1) is 0 Å². The minimum Gasteiger partial charge on any atom is -0.0533 e. The zero-order chi connectivity index (χ0) is 18.8. The Labute approximate surface area is 207 Å². The first kappa shape index (κ1) is 21.6. The van der Waals surface area contributed by atoms with Crippen LogP contribution in [0.25, 0.3) is 0 Å². The zero-order valence-electron chi connectivity index (χ0n) is 16.5. The molecule has 3 fully saturated rings. The molecular formula is C24H33I3. The van der Waals surface area contributed by atoms with Crippen molar-refractivity contribution in [3.05, 3.63) is 27.4 Å². The van der Waals surface area contributed by atoms with Gasteiger partial charge in [-0.05, 0) is 141 Å². The third-order valence-corrected chi connectivity index (χ3v) is 10.9. The molecule has 1 aromatic carbocycles. The van der Waals surface area contributed by atoms with E-state index in [0.717, 1.165) is 17.8 Å². The summed E-state index contributed by atoms with van der Waals surface area (Å²) in [6.45, 7) is 0. The molecule has 150 valence electrons. The summed E-state index contributed by atoms with van der Waals surface area (Å²) in [7, 11) is 0. The second-order valence-corrected chi connectivity index (χ2v) is 12.4. The van der Waals surface area contributed by atoms with Crippen LogP contribution in [0.2, 0.25) is 0 Å². The van der Waals surface area contributed by atoms with E-state index in [1.54, 1.807) is 27.4 Å². The average molecular weight is 702 g/mol. The highest BCUT2D eigenvalue weighted by molar-refractivity contribution is 14.1. The Bertz CT molecular complexity index is 537.